The van der Waals surface area contributed by atoms with Gasteiger partial charge in [-0.3, -0.25) is 4.90 Å². The van der Waals surface area contributed by atoms with Crippen LogP contribution in [0.25, 0.3) is 0 Å². The minimum Gasteiger partial charge on any atom is -0.478 e. The number of aromatic carboxylic acids is 1. The Labute approximate surface area is 180 Å². The molecule has 0 aromatic heterocycles. The lowest BCUT2D eigenvalue weighted by Crippen LogP contribution is -2.34. The minimum atomic E-state index is -1.16. The van der Waals surface area contributed by atoms with Crippen LogP contribution in [0.1, 0.15) is 27.9 Å². The molecule has 3 rings (SSSR count). The van der Waals surface area contributed by atoms with Gasteiger partial charge in [0.05, 0.1) is 11.3 Å². The zero-order chi connectivity index (χ0) is 21.3. The number of hydrogen-bond acceptors (Lipinski definition) is 3. The molecule has 154 valence electrons. The molecule has 0 unspecified atom stereocenters. The first-order valence-electron chi connectivity index (χ1n) is 9.59. The van der Waals surface area contributed by atoms with Gasteiger partial charge in [-0.2, -0.15) is 0 Å². The summed E-state index contributed by atoms with van der Waals surface area (Å²) < 4.78 is 5.47. The molecule has 0 aliphatic carbocycles. The molecule has 30 heavy (non-hydrogen) atoms. The van der Waals surface area contributed by atoms with Crippen molar-refractivity contribution in [3.63, 3.8) is 0 Å². The molecule has 3 aromatic rings. The first-order valence-corrected chi connectivity index (χ1v) is 9.97. The maximum Gasteiger partial charge on any atom is 0.414 e. The average Bonchev–Trinajstić information content (AvgIpc) is 2.77. The van der Waals surface area contributed by atoms with E-state index in [-0.39, 0.29) is 22.9 Å². The van der Waals surface area contributed by atoms with Crippen LogP contribution in [-0.2, 0) is 17.8 Å². The molecule has 0 aliphatic rings. The number of nitrogens with zero attached hydrogens (tertiary/aromatic N) is 1. The van der Waals surface area contributed by atoms with Crippen molar-refractivity contribution >= 4 is 29.4 Å². The molecule has 0 saturated heterocycles. The van der Waals surface area contributed by atoms with Crippen molar-refractivity contribution in [3.8, 4) is 0 Å². The van der Waals surface area contributed by atoms with Gasteiger partial charge in [0.25, 0.3) is 0 Å². The van der Waals surface area contributed by atoms with Crippen LogP contribution < -0.4 is 4.90 Å². The third-order valence-corrected chi connectivity index (χ3v) is 4.83. The number of aryl methyl sites for hydroxylation is 1. The van der Waals surface area contributed by atoms with Gasteiger partial charge in [-0.1, -0.05) is 72.3 Å². The van der Waals surface area contributed by atoms with Crippen molar-refractivity contribution < 1.29 is 19.4 Å². The van der Waals surface area contributed by atoms with Gasteiger partial charge in [-0.25, -0.2) is 9.59 Å². The molecule has 0 heterocycles. The number of carboxylic acids is 1. The number of carbonyl (C=O) groups is 2. The van der Waals surface area contributed by atoms with Crippen molar-refractivity contribution in [1.29, 1.82) is 0 Å². The van der Waals surface area contributed by atoms with Gasteiger partial charge in [0.2, 0.25) is 0 Å². The quantitative estimate of drug-likeness (QED) is 0.496. The fourth-order valence-corrected chi connectivity index (χ4v) is 3.28. The summed E-state index contributed by atoms with van der Waals surface area (Å²) in [6, 6.07) is 23.7. The van der Waals surface area contributed by atoms with Crippen LogP contribution in [0.2, 0.25) is 5.02 Å². The standard InChI is InChI=1S/C24H22ClNO4/c25-20-13-14-22(21(16-20)23(27)28)26(15-7-12-18-8-3-1-4-9-18)24(29)30-17-19-10-5-2-6-11-19/h1-6,8-11,13-14,16H,7,12,15,17H2,(H,27,28). The summed E-state index contributed by atoms with van der Waals surface area (Å²) in [6.45, 7) is 0.412. The van der Waals surface area contributed by atoms with Crippen LogP contribution >= 0.6 is 11.6 Å². The average molecular weight is 424 g/mol. The molecule has 0 bridgehead atoms. The monoisotopic (exact) mass is 423 g/mol. The molecule has 1 N–H and O–H groups in total. The molecule has 0 atom stereocenters. The van der Waals surface area contributed by atoms with Gasteiger partial charge in [0, 0.05) is 11.6 Å². The van der Waals surface area contributed by atoms with E-state index in [2.05, 4.69) is 0 Å². The van der Waals surface area contributed by atoms with Gasteiger partial charge >= 0.3 is 12.1 Å². The zero-order valence-electron chi connectivity index (χ0n) is 16.3. The highest BCUT2D eigenvalue weighted by Crippen LogP contribution is 2.26. The van der Waals surface area contributed by atoms with E-state index in [1.165, 1.54) is 17.0 Å². The molecule has 5 nitrogen and oxygen atoms in total. The maximum atomic E-state index is 12.9. The summed E-state index contributed by atoms with van der Waals surface area (Å²) in [5.41, 5.74) is 2.21. The van der Waals surface area contributed by atoms with Crippen molar-refractivity contribution in [3.05, 3.63) is 101 Å². The topological polar surface area (TPSA) is 66.8 Å². The molecule has 0 spiro atoms. The van der Waals surface area contributed by atoms with Crippen LogP contribution in [0.5, 0.6) is 0 Å². The zero-order valence-corrected chi connectivity index (χ0v) is 17.1. The molecule has 1 amide bonds. The largest absolute Gasteiger partial charge is 0.478 e. The van der Waals surface area contributed by atoms with Crippen molar-refractivity contribution in [2.45, 2.75) is 19.4 Å². The third kappa shape index (κ3) is 5.84. The Balaban J connectivity index is 1.79. The number of rotatable bonds is 8. The highest BCUT2D eigenvalue weighted by molar-refractivity contribution is 6.31. The lowest BCUT2D eigenvalue weighted by atomic mass is 10.1. The second-order valence-corrected chi connectivity index (χ2v) is 7.18. The Morgan fingerprint density at radius 3 is 2.17 bits per heavy atom. The summed E-state index contributed by atoms with van der Waals surface area (Å²) in [5, 5.41) is 9.88. The van der Waals surface area contributed by atoms with E-state index in [9.17, 15) is 14.7 Å². The Morgan fingerprint density at radius 2 is 1.53 bits per heavy atom. The summed E-state index contributed by atoms with van der Waals surface area (Å²) in [6.07, 6.45) is 0.794. The number of carboxylic acid groups (broad SMARTS) is 1. The molecule has 3 aromatic carbocycles. The van der Waals surface area contributed by atoms with Crippen LogP contribution in [0.15, 0.2) is 78.9 Å². The molecular formula is C24H22ClNO4. The number of carbonyl (C=O) groups excluding carboxylic acids is 1. The van der Waals surface area contributed by atoms with Gasteiger partial charge in [-0.15, -0.1) is 0 Å². The normalized spacial score (nSPS) is 10.4. The molecule has 6 heteroatoms. The highest BCUT2D eigenvalue weighted by Gasteiger charge is 2.23. The maximum absolute atomic E-state index is 12.9. The molecular weight excluding hydrogens is 402 g/mol. The molecule has 0 aliphatic heterocycles. The second kappa shape index (κ2) is 10.5. The van der Waals surface area contributed by atoms with E-state index >= 15 is 0 Å². The van der Waals surface area contributed by atoms with Gasteiger partial charge < -0.3 is 9.84 Å². The Kier molecular flexibility index (Phi) is 7.46. The number of anilines is 1. The molecule has 0 saturated carbocycles. The Hall–Kier alpha value is -3.31. The van der Waals surface area contributed by atoms with Crippen molar-refractivity contribution in [2.24, 2.45) is 0 Å². The molecule has 0 fully saturated rings. The number of ether oxygens (including phenoxy) is 1. The fraction of sp³-hybridized carbons (Fsp3) is 0.167. The number of benzene rings is 3. The van der Waals surface area contributed by atoms with Gasteiger partial charge in [-0.05, 0) is 42.2 Å². The third-order valence-electron chi connectivity index (χ3n) is 4.60. The second-order valence-electron chi connectivity index (χ2n) is 6.75. The fourth-order valence-electron chi connectivity index (χ4n) is 3.11. The Morgan fingerprint density at radius 1 is 0.900 bits per heavy atom. The van der Waals surface area contributed by atoms with Crippen LogP contribution in [0, 0.1) is 0 Å². The van der Waals surface area contributed by atoms with E-state index in [0.717, 1.165) is 17.5 Å². The minimum absolute atomic E-state index is 0.0427. The summed E-state index contributed by atoms with van der Waals surface area (Å²) in [4.78, 5) is 26.0. The van der Waals surface area contributed by atoms with Crippen LogP contribution in [0.4, 0.5) is 10.5 Å². The van der Waals surface area contributed by atoms with E-state index in [1.54, 1.807) is 6.07 Å². The smallest absolute Gasteiger partial charge is 0.414 e. The van der Waals surface area contributed by atoms with Crippen LogP contribution in [0.3, 0.4) is 0 Å². The predicted molar refractivity (Wildman–Crippen MR) is 117 cm³/mol. The van der Waals surface area contributed by atoms with Gasteiger partial charge in [0.1, 0.15) is 6.61 Å². The SMILES string of the molecule is O=C(O)c1cc(Cl)ccc1N(CCCc1ccccc1)C(=O)OCc1ccccc1. The summed E-state index contributed by atoms with van der Waals surface area (Å²) in [7, 11) is 0. The number of halogens is 1. The highest BCUT2D eigenvalue weighted by atomic mass is 35.5. The first-order chi connectivity index (χ1) is 14.5. The lowest BCUT2D eigenvalue weighted by molar-refractivity contribution is 0.0697. The van der Waals surface area contributed by atoms with E-state index in [4.69, 9.17) is 16.3 Å². The van der Waals surface area contributed by atoms with Crippen molar-refractivity contribution in [1.82, 2.24) is 0 Å². The predicted octanol–water partition coefficient (Wildman–Crippen LogP) is 5.81. The Bertz CT molecular complexity index is 993. The van der Waals surface area contributed by atoms with E-state index < -0.39 is 12.1 Å². The number of amides is 1. The number of hydrogen-bond donors (Lipinski definition) is 1. The first kappa shape index (κ1) is 21.4. The lowest BCUT2D eigenvalue weighted by Gasteiger charge is -2.24. The van der Waals surface area contributed by atoms with E-state index in [1.807, 2.05) is 60.7 Å². The van der Waals surface area contributed by atoms with Gasteiger partial charge in [0.15, 0.2) is 0 Å². The van der Waals surface area contributed by atoms with Crippen LogP contribution in [-0.4, -0.2) is 23.7 Å². The molecule has 0 radical (unpaired) electrons. The van der Waals surface area contributed by atoms with E-state index in [0.29, 0.717) is 13.0 Å². The summed E-state index contributed by atoms with van der Waals surface area (Å²) >= 11 is 5.97. The van der Waals surface area contributed by atoms with Crippen molar-refractivity contribution in [2.75, 3.05) is 11.4 Å². The summed E-state index contributed by atoms with van der Waals surface area (Å²) in [5.74, 6) is -1.16.